The molecule has 2 rings (SSSR count). The fraction of sp³-hybridized carbons (Fsp3) is 0.412. The lowest BCUT2D eigenvalue weighted by Gasteiger charge is -2.27. The second-order valence-electron chi connectivity index (χ2n) is 5.80. The number of rotatable bonds is 5. The number of carbonyl (C=O) groups excluding carboxylic acids is 3. The summed E-state index contributed by atoms with van der Waals surface area (Å²) in [5.74, 6) is -2.24. The third kappa shape index (κ3) is 4.65. The molecule has 1 aromatic rings. The van der Waals surface area contributed by atoms with E-state index in [1.165, 1.54) is 31.2 Å². The molecule has 24 heavy (non-hydrogen) atoms. The SMILES string of the molecule is CC(=O)Oc1ccc(C(=O)N[C@@H](C(=O)O)[C@@H]2CCCC(=O)C2)cc1. The van der Waals surface area contributed by atoms with Crippen LogP contribution in [0.1, 0.15) is 43.0 Å². The van der Waals surface area contributed by atoms with Crippen LogP contribution in [0.25, 0.3) is 0 Å². The van der Waals surface area contributed by atoms with Gasteiger partial charge in [0.25, 0.3) is 5.91 Å². The number of amides is 1. The number of ketones is 1. The van der Waals surface area contributed by atoms with Gasteiger partial charge in [-0.15, -0.1) is 0 Å². The molecule has 1 aromatic carbocycles. The smallest absolute Gasteiger partial charge is 0.326 e. The molecular formula is C17H19NO6. The Hall–Kier alpha value is -2.70. The molecule has 0 aliphatic heterocycles. The number of hydrogen-bond donors (Lipinski definition) is 2. The summed E-state index contributed by atoms with van der Waals surface area (Å²) in [6.45, 7) is 1.27. The van der Waals surface area contributed by atoms with Crippen LogP contribution in [0.2, 0.25) is 0 Å². The minimum Gasteiger partial charge on any atom is -0.480 e. The maximum atomic E-state index is 12.3. The first kappa shape index (κ1) is 17.7. The van der Waals surface area contributed by atoms with E-state index in [0.29, 0.717) is 25.0 Å². The van der Waals surface area contributed by atoms with Crippen molar-refractivity contribution in [1.29, 1.82) is 0 Å². The van der Waals surface area contributed by atoms with E-state index in [-0.39, 0.29) is 17.8 Å². The Kier molecular flexibility index (Phi) is 5.68. The molecule has 2 N–H and O–H groups in total. The summed E-state index contributed by atoms with van der Waals surface area (Å²) in [6.07, 6.45) is 1.87. The van der Waals surface area contributed by atoms with Crippen LogP contribution in [0.3, 0.4) is 0 Å². The molecule has 0 spiro atoms. The number of ether oxygens (including phenoxy) is 1. The molecule has 0 saturated heterocycles. The van der Waals surface area contributed by atoms with Crippen molar-refractivity contribution >= 4 is 23.6 Å². The van der Waals surface area contributed by atoms with Gasteiger partial charge in [-0.3, -0.25) is 14.4 Å². The Morgan fingerprint density at radius 2 is 1.92 bits per heavy atom. The summed E-state index contributed by atoms with van der Waals surface area (Å²) in [4.78, 5) is 46.1. The lowest BCUT2D eigenvalue weighted by Crippen LogP contribution is -2.47. The number of benzene rings is 1. The second-order valence-corrected chi connectivity index (χ2v) is 5.80. The third-order valence-electron chi connectivity index (χ3n) is 3.92. The van der Waals surface area contributed by atoms with Crippen molar-refractivity contribution in [1.82, 2.24) is 5.32 Å². The summed E-state index contributed by atoms with van der Waals surface area (Å²) in [5.41, 5.74) is 0.249. The van der Waals surface area contributed by atoms with Gasteiger partial charge in [0, 0.05) is 25.3 Å². The van der Waals surface area contributed by atoms with E-state index in [1.54, 1.807) is 0 Å². The molecule has 1 saturated carbocycles. The fourth-order valence-corrected chi connectivity index (χ4v) is 2.79. The summed E-state index contributed by atoms with van der Waals surface area (Å²) in [6, 6.07) is 4.69. The van der Waals surface area contributed by atoms with E-state index in [0.717, 1.165) is 0 Å². The van der Waals surface area contributed by atoms with Gasteiger partial charge in [-0.2, -0.15) is 0 Å². The Balaban J connectivity index is 2.06. The third-order valence-corrected chi connectivity index (χ3v) is 3.92. The van der Waals surface area contributed by atoms with Crippen LogP contribution >= 0.6 is 0 Å². The molecule has 1 amide bonds. The number of esters is 1. The molecule has 7 heteroatoms. The van der Waals surface area contributed by atoms with Gasteiger partial charge in [0.15, 0.2) is 0 Å². The molecule has 1 fully saturated rings. The molecule has 1 aliphatic carbocycles. The molecule has 0 unspecified atom stereocenters. The number of carbonyl (C=O) groups is 4. The van der Waals surface area contributed by atoms with Gasteiger partial charge < -0.3 is 15.2 Å². The monoisotopic (exact) mass is 333 g/mol. The Morgan fingerprint density at radius 3 is 2.46 bits per heavy atom. The average Bonchev–Trinajstić information content (AvgIpc) is 2.52. The van der Waals surface area contributed by atoms with Crippen molar-refractivity contribution in [3.05, 3.63) is 29.8 Å². The van der Waals surface area contributed by atoms with E-state index < -0.39 is 29.8 Å². The highest BCUT2D eigenvalue weighted by molar-refractivity contribution is 5.97. The van der Waals surface area contributed by atoms with Crippen LogP contribution < -0.4 is 10.1 Å². The van der Waals surface area contributed by atoms with Crippen molar-refractivity contribution in [2.75, 3.05) is 0 Å². The molecule has 0 aromatic heterocycles. The van der Waals surface area contributed by atoms with Gasteiger partial charge in [-0.25, -0.2) is 4.79 Å². The maximum Gasteiger partial charge on any atom is 0.326 e. The van der Waals surface area contributed by atoms with Crippen molar-refractivity contribution < 1.29 is 29.0 Å². The van der Waals surface area contributed by atoms with Crippen LogP contribution in [0, 0.1) is 5.92 Å². The summed E-state index contributed by atoms with van der Waals surface area (Å²) >= 11 is 0. The highest BCUT2D eigenvalue weighted by Gasteiger charge is 2.33. The van der Waals surface area contributed by atoms with E-state index in [2.05, 4.69) is 5.32 Å². The van der Waals surface area contributed by atoms with Gasteiger partial charge in [-0.1, -0.05) is 0 Å². The van der Waals surface area contributed by atoms with Gasteiger partial charge in [0.05, 0.1) is 0 Å². The Bertz CT molecular complexity index is 652. The maximum absolute atomic E-state index is 12.3. The molecule has 0 heterocycles. The molecule has 2 atom stereocenters. The van der Waals surface area contributed by atoms with Crippen LogP contribution in [0.5, 0.6) is 5.75 Å². The number of carboxylic acids is 1. The summed E-state index contributed by atoms with van der Waals surface area (Å²) in [7, 11) is 0. The van der Waals surface area contributed by atoms with Gasteiger partial charge in [-0.05, 0) is 43.0 Å². The topological polar surface area (TPSA) is 110 Å². The first-order valence-electron chi connectivity index (χ1n) is 7.70. The largest absolute Gasteiger partial charge is 0.480 e. The van der Waals surface area contributed by atoms with E-state index in [9.17, 15) is 24.3 Å². The highest BCUT2D eigenvalue weighted by Crippen LogP contribution is 2.25. The van der Waals surface area contributed by atoms with Gasteiger partial charge >= 0.3 is 11.9 Å². The zero-order valence-electron chi connectivity index (χ0n) is 13.3. The minimum absolute atomic E-state index is 0.0254. The first-order valence-corrected chi connectivity index (χ1v) is 7.70. The molecule has 0 radical (unpaired) electrons. The second kappa shape index (κ2) is 7.72. The molecule has 1 aliphatic rings. The Morgan fingerprint density at radius 1 is 1.25 bits per heavy atom. The number of carboxylic acid groups (broad SMARTS) is 1. The van der Waals surface area contributed by atoms with Crippen molar-refractivity contribution in [3.63, 3.8) is 0 Å². The van der Waals surface area contributed by atoms with E-state index >= 15 is 0 Å². The van der Waals surface area contributed by atoms with Gasteiger partial charge in [0.1, 0.15) is 17.6 Å². The standard InChI is InChI=1S/C17H19NO6/c1-10(19)24-14-7-5-11(6-8-14)16(21)18-15(17(22)23)12-3-2-4-13(20)9-12/h5-8,12,15H,2-4,9H2,1H3,(H,18,21)(H,22,23)/t12-,15-/m1/s1. The molecule has 128 valence electrons. The van der Waals surface area contributed by atoms with Crippen molar-refractivity contribution in [3.8, 4) is 5.75 Å². The minimum atomic E-state index is -1.15. The van der Waals surface area contributed by atoms with Crippen LogP contribution in [0.4, 0.5) is 0 Å². The highest BCUT2D eigenvalue weighted by atomic mass is 16.5. The van der Waals surface area contributed by atoms with Crippen LogP contribution in [0.15, 0.2) is 24.3 Å². The number of nitrogens with one attached hydrogen (secondary N) is 1. The van der Waals surface area contributed by atoms with Crippen molar-refractivity contribution in [2.45, 2.75) is 38.6 Å². The Labute approximate surface area is 139 Å². The van der Waals surface area contributed by atoms with E-state index in [4.69, 9.17) is 4.74 Å². The average molecular weight is 333 g/mol. The predicted octanol–water partition coefficient (Wildman–Crippen LogP) is 1.55. The van der Waals surface area contributed by atoms with Crippen LogP contribution in [-0.4, -0.2) is 34.8 Å². The fourth-order valence-electron chi connectivity index (χ4n) is 2.79. The number of aliphatic carboxylic acids is 1. The normalized spacial score (nSPS) is 18.5. The molecular weight excluding hydrogens is 314 g/mol. The number of hydrogen-bond acceptors (Lipinski definition) is 5. The lowest BCUT2D eigenvalue weighted by molar-refractivity contribution is -0.141. The van der Waals surface area contributed by atoms with Gasteiger partial charge in [0.2, 0.25) is 0 Å². The zero-order valence-corrected chi connectivity index (χ0v) is 13.3. The van der Waals surface area contributed by atoms with Crippen LogP contribution in [-0.2, 0) is 14.4 Å². The lowest BCUT2D eigenvalue weighted by atomic mass is 9.83. The predicted molar refractivity (Wildman–Crippen MR) is 83.6 cm³/mol. The zero-order chi connectivity index (χ0) is 17.7. The summed E-state index contributed by atoms with van der Waals surface area (Å²) in [5, 5.41) is 11.9. The number of Topliss-reactive ketones (excluding diaryl/α,β-unsaturated/α-hetero) is 1. The first-order chi connectivity index (χ1) is 11.4. The summed E-state index contributed by atoms with van der Waals surface area (Å²) < 4.78 is 4.87. The molecule has 0 bridgehead atoms. The van der Waals surface area contributed by atoms with Crippen molar-refractivity contribution in [2.24, 2.45) is 5.92 Å². The van der Waals surface area contributed by atoms with E-state index in [1.807, 2.05) is 0 Å². The molecule has 7 nitrogen and oxygen atoms in total. The quantitative estimate of drug-likeness (QED) is 0.625.